The molecule has 0 aliphatic carbocycles. The Morgan fingerprint density at radius 1 is 1.15 bits per heavy atom. The molecule has 0 amide bonds. The first-order valence-corrected chi connectivity index (χ1v) is 7.56. The van der Waals surface area contributed by atoms with Gasteiger partial charge in [-0.1, -0.05) is 39.1 Å². The molecule has 102 valence electrons. The number of hydrogen-bond acceptors (Lipinski definition) is 2. The van der Waals surface area contributed by atoms with Crippen molar-refractivity contribution in [3.8, 4) is 5.75 Å². The zero-order valence-corrected chi connectivity index (χ0v) is 13.3. The average molecular weight is 372 g/mol. The molecule has 2 aromatic carbocycles. The van der Waals surface area contributed by atoms with Crippen molar-refractivity contribution in [3.63, 3.8) is 0 Å². The maximum Gasteiger partial charge on any atom is 0.198 e. The fourth-order valence-corrected chi connectivity index (χ4v) is 3.06. The Hall–Kier alpha value is -1.03. The Bertz CT molecular complexity index is 713. The number of carbonyl (C=O) groups excluding carboxylic acids is 1. The summed E-state index contributed by atoms with van der Waals surface area (Å²) in [6, 6.07) is 8.64. The van der Waals surface area contributed by atoms with Gasteiger partial charge in [0.2, 0.25) is 0 Å². The van der Waals surface area contributed by atoms with Gasteiger partial charge in [0.25, 0.3) is 0 Å². The van der Waals surface area contributed by atoms with Gasteiger partial charge in [0.1, 0.15) is 5.75 Å². The summed E-state index contributed by atoms with van der Waals surface area (Å²) < 4.78 is 6.36. The molecule has 0 saturated carbocycles. The number of ketones is 1. The van der Waals surface area contributed by atoms with Crippen LogP contribution in [-0.2, 0) is 6.42 Å². The first-order chi connectivity index (χ1) is 9.56. The van der Waals surface area contributed by atoms with Crippen LogP contribution in [0.15, 0.2) is 34.8 Å². The molecule has 0 N–H and O–H groups in total. The largest absolute Gasteiger partial charge is 0.492 e. The molecule has 0 saturated heterocycles. The van der Waals surface area contributed by atoms with Crippen LogP contribution in [0, 0.1) is 0 Å². The maximum absolute atomic E-state index is 12.7. The van der Waals surface area contributed by atoms with Crippen molar-refractivity contribution < 1.29 is 9.53 Å². The lowest BCUT2D eigenvalue weighted by Gasteiger charge is -2.09. The number of carbonyl (C=O) groups is 1. The van der Waals surface area contributed by atoms with Gasteiger partial charge in [-0.05, 0) is 35.9 Å². The molecule has 0 radical (unpaired) electrons. The molecule has 2 nitrogen and oxygen atoms in total. The molecule has 1 aliphatic heterocycles. The standard InChI is InChI=1S/C15H9BrCl2O2/c16-9-1-2-13(18)11(6-9)14(19)12-7-10(17)5-8-3-4-20-15(8)12/h1-2,5-7H,3-4H2. The second-order valence-corrected chi connectivity index (χ2v) is 6.25. The zero-order chi connectivity index (χ0) is 14.3. The van der Waals surface area contributed by atoms with E-state index in [4.69, 9.17) is 27.9 Å². The summed E-state index contributed by atoms with van der Waals surface area (Å²) in [6.45, 7) is 0.572. The van der Waals surface area contributed by atoms with Gasteiger partial charge >= 0.3 is 0 Å². The molecular weight excluding hydrogens is 363 g/mol. The minimum atomic E-state index is -0.183. The Morgan fingerprint density at radius 3 is 2.75 bits per heavy atom. The number of ether oxygens (including phenoxy) is 1. The Kier molecular flexibility index (Phi) is 3.76. The van der Waals surface area contributed by atoms with E-state index in [1.54, 1.807) is 24.3 Å². The fourth-order valence-electron chi connectivity index (χ4n) is 2.25. The predicted molar refractivity (Wildman–Crippen MR) is 83.2 cm³/mol. The smallest absolute Gasteiger partial charge is 0.198 e. The van der Waals surface area contributed by atoms with Crippen LogP contribution in [0.4, 0.5) is 0 Å². The SMILES string of the molecule is O=C(c1cc(Br)ccc1Cl)c1cc(Cl)cc2c1OCC2. The molecule has 1 heterocycles. The monoisotopic (exact) mass is 370 g/mol. The molecule has 1 aliphatic rings. The van der Waals surface area contributed by atoms with Crippen molar-refractivity contribution in [2.75, 3.05) is 6.61 Å². The fraction of sp³-hybridized carbons (Fsp3) is 0.133. The predicted octanol–water partition coefficient (Wildman–Crippen LogP) is 4.92. The molecule has 0 fully saturated rings. The van der Waals surface area contributed by atoms with Crippen molar-refractivity contribution in [2.24, 2.45) is 0 Å². The summed E-state index contributed by atoms with van der Waals surface area (Å²) in [4.78, 5) is 12.7. The number of hydrogen-bond donors (Lipinski definition) is 0. The van der Waals surface area contributed by atoms with Crippen LogP contribution in [0.1, 0.15) is 21.5 Å². The molecule has 3 rings (SSSR count). The van der Waals surface area contributed by atoms with E-state index in [1.807, 2.05) is 6.07 Å². The Balaban J connectivity index is 2.14. The van der Waals surface area contributed by atoms with Crippen LogP contribution in [0.3, 0.4) is 0 Å². The summed E-state index contributed by atoms with van der Waals surface area (Å²) in [6.07, 6.45) is 0.766. The maximum atomic E-state index is 12.7. The highest BCUT2D eigenvalue weighted by molar-refractivity contribution is 9.10. The van der Waals surface area contributed by atoms with Crippen LogP contribution in [0.25, 0.3) is 0 Å². The van der Waals surface area contributed by atoms with E-state index in [2.05, 4.69) is 15.9 Å². The Labute approximate surface area is 134 Å². The number of fused-ring (bicyclic) bond motifs is 1. The van der Waals surface area contributed by atoms with Crippen molar-refractivity contribution in [3.05, 3.63) is 61.5 Å². The van der Waals surface area contributed by atoms with Crippen LogP contribution >= 0.6 is 39.1 Å². The first-order valence-electron chi connectivity index (χ1n) is 6.01. The second-order valence-electron chi connectivity index (χ2n) is 4.49. The van der Waals surface area contributed by atoms with Crippen molar-refractivity contribution in [1.29, 1.82) is 0 Å². The van der Waals surface area contributed by atoms with Gasteiger partial charge < -0.3 is 4.74 Å². The third kappa shape index (κ3) is 2.46. The average Bonchev–Trinajstić information content (AvgIpc) is 2.87. The van der Waals surface area contributed by atoms with E-state index in [1.165, 1.54) is 0 Å². The highest BCUT2D eigenvalue weighted by atomic mass is 79.9. The van der Waals surface area contributed by atoms with Crippen LogP contribution in [0.5, 0.6) is 5.75 Å². The van der Waals surface area contributed by atoms with E-state index >= 15 is 0 Å². The highest BCUT2D eigenvalue weighted by Gasteiger charge is 2.24. The lowest BCUT2D eigenvalue weighted by atomic mass is 10.00. The number of benzene rings is 2. The van der Waals surface area contributed by atoms with E-state index < -0.39 is 0 Å². The molecular formula is C15H9BrCl2O2. The molecule has 5 heteroatoms. The lowest BCUT2D eigenvalue weighted by molar-refractivity contribution is 0.103. The zero-order valence-electron chi connectivity index (χ0n) is 10.3. The van der Waals surface area contributed by atoms with Crippen LogP contribution < -0.4 is 4.74 Å². The highest BCUT2D eigenvalue weighted by Crippen LogP contribution is 2.35. The summed E-state index contributed by atoms with van der Waals surface area (Å²) in [7, 11) is 0. The minimum Gasteiger partial charge on any atom is -0.492 e. The Morgan fingerprint density at radius 2 is 1.95 bits per heavy atom. The molecule has 0 aromatic heterocycles. The normalized spacial score (nSPS) is 12.9. The van der Waals surface area contributed by atoms with Gasteiger partial charge in [0.15, 0.2) is 5.78 Å². The van der Waals surface area contributed by atoms with E-state index in [9.17, 15) is 4.79 Å². The minimum absolute atomic E-state index is 0.183. The van der Waals surface area contributed by atoms with Crippen molar-refractivity contribution in [1.82, 2.24) is 0 Å². The molecule has 0 unspecified atom stereocenters. The van der Waals surface area contributed by atoms with Crippen LogP contribution in [-0.4, -0.2) is 12.4 Å². The third-order valence-corrected chi connectivity index (χ3v) is 4.21. The second kappa shape index (κ2) is 5.40. The quantitative estimate of drug-likeness (QED) is 0.700. The van der Waals surface area contributed by atoms with Crippen molar-refractivity contribution in [2.45, 2.75) is 6.42 Å². The summed E-state index contributed by atoms with van der Waals surface area (Å²) in [5.74, 6) is 0.437. The van der Waals surface area contributed by atoms with Gasteiger partial charge in [-0.3, -0.25) is 4.79 Å². The van der Waals surface area contributed by atoms with Gasteiger partial charge in [0, 0.05) is 21.5 Å². The first kappa shape index (κ1) is 13.9. The summed E-state index contributed by atoms with van der Waals surface area (Å²) in [5.41, 5.74) is 1.86. The van der Waals surface area contributed by atoms with Crippen molar-refractivity contribution >= 4 is 44.9 Å². The van der Waals surface area contributed by atoms with Gasteiger partial charge in [-0.15, -0.1) is 0 Å². The summed E-state index contributed by atoms with van der Waals surface area (Å²) >= 11 is 15.5. The molecule has 0 spiro atoms. The van der Waals surface area contributed by atoms with E-state index in [-0.39, 0.29) is 5.78 Å². The van der Waals surface area contributed by atoms with E-state index in [0.29, 0.717) is 33.5 Å². The van der Waals surface area contributed by atoms with E-state index in [0.717, 1.165) is 16.5 Å². The van der Waals surface area contributed by atoms with Gasteiger partial charge in [-0.2, -0.15) is 0 Å². The third-order valence-electron chi connectivity index (χ3n) is 3.17. The summed E-state index contributed by atoms with van der Waals surface area (Å²) in [5, 5.41) is 0.939. The molecule has 20 heavy (non-hydrogen) atoms. The molecule has 0 atom stereocenters. The molecule has 0 bridgehead atoms. The van der Waals surface area contributed by atoms with Crippen LogP contribution in [0.2, 0.25) is 10.0 Å². The number of halogens is 3. The topological polar surface area (TPSA) is 26.3 Å². The lowest BCUT2D eigenvalue weighted by Crippen LogP contribution is -2.05. The number of rotatable bonds is 2. The van der Waals surface area contributed by atoms with Gasteiger partial charge in [-0.25, -0.2) is 0 Å². The molecule has 2 aromatic rings. The van der Waals surface area contributed by atoms with Gasteiger partial charge in [0.05, 0.1) is 17.2 Å².